The molecule has 7 heteroatoms. The Kier molecular flexibility index (Phi) is 4.54. The number of carbonyl (C=O) groups is 3. The molecule has 0 radical (unpaired) electrons. The minimum atomic E-state index is -1.15. The van der Waals surface area contributed by atoms with Crippen LogP contribution in [0.15, 0.2) is 24.3 Å². The Labute approximate surface area is 121 Å². The SMILES string of the molecule is COC(CNC(=O)CN1Cc2ccccc2C1=O)C(=O)O. The van der Waals surface area contributed by atoms with Crippen molar-refractivity contribution in [1.29, 1.82) is 0 Å². The molecule has 1 heterocycles. The van der Waals surface area contributed by atoms with Gasteiger partial charge in [-0.15, -0.1) is 0 Å². The molecule has 0 saturated carbocycles. The van der Waals surface area contributed by atoms with E-state index in [0.717, 1.165) is 5.56 Å². The van der Waals surface area contributed by atoms with Gasteiger partial charge in [0.15, 0.2) is 6.10 Å². The number of amides is 2. The van der Waals surface area contributed by atoms with E-state index in [1.165, 1.54) is 12.0 Å². The fourth-order valence-electron chi connectivity index (χ4n) is 2.15. The first-order valence-electron chi connectivity index (χ1n) is 6.42. The van der Waals surface area contributed by atoms with Crippen LogP contribution in [-0.2, 0) is 20.9 Å². The molecule has 0 aromatic heterocycles. The third-order valence-corrected chi connectivity index (χ3v) is 3.28. The number of nitrogens with one attached hydrogen (secondary N) is 1. The molecule has 0 fully saturated rings. The van der Waals surface area contributed by atoms with Gasteiger partial charge in [0, 0.05) is 19.2 Å². The first-order chi connectivity index (χ1) is 10.0. The van der Waals surface area contributed by atoms with Gasteiger partial charge in [-0.1, -0.05) is 18.2 Å². The first kappa shape index (κ1) is 15.0. The minimum Gasteiger partial charge on any atom is -0.479 e. The highest BCUT2D eigenvalue weighted by atomic mass is 16.5. The van der Waals surface area contributed by atoms with Crippen molar-refractivity contribution < 1.29 is 24.2 Å². The lowest BCUT2D eigenvalue weighted by molar-refractivity contribution is -0.148. The number of nitrogens with zero attached hydrogens (tertiary/aromatic N) is 1. The maximum atomic E-state index is 12.1. The molecule has 1 aliphatic heterocycles. The van der Waals surface area contributed by atoms with E-state index >= 15 is 0 Å². The highest BCUT2D eigenvalue weighted by molar-refractivity contribution is 6.00. The molecule has 1 atom stereocenters. The van der Waals surface area contributed by atoms with Crippen molar-refractivity contribution >= 4 is 17.8 Å². The van der Waals surface area contributed by atoms with Gasteiger partial charge in [0.05, 0.1) is 6.54 Å². The summed E-state index contributed by atoms with van der Waals surface area (Å²) in [5.41, 5.74) is 1.49. The summed E-state index contributed by atoms with van der Waals surface area (Å²) >= 11 is 0. The largest absolute Gasteiger partial charge is 0.479 e. The Morgan fingerprint density at radius 1 is 1.43 bits per heavy atom. The van der Waals surface area contributed by atoms with Gasteiger partial charge in [-0.2, -0.15) is 0 Å². The van der Waals surface area contributed by atoms with Crippen molar-refractivity contribution in [3.05, 3.63) is 35.4 Å². The average Bonchev–Trinajstić information content (AvgIpc) is 2.76. The molecule has 2 N–H and O–H groups in total. The predicted octanol–water partition coefficient (Wildman–Crippen LogP) is -0.142. The number of aliphatic carboxylic acids is 1. The molecular weight excluding hydrogens is 276 g/mol. The molecule has 2 amide bonds. The van der Waals surface area contributed by atoms with Crippen molar-refractivity contribution in [3.63, 3.8) is 0 Å². The summed E-state index contributed by atoms with van der Waals surface area (Å²) in [6.07, 6.45) is -1.10. The van der Waals surface area contributed by atoms with Crippen molar-refractivity contribution in [2.75, 3.05) is 20.2 Å². The van der Waals surface area contributed by atoms with Gasteiger partial charge in [-0.3, -0.25) is 9.59 Å². The van der Waals surface area contributed by atoms with Gasteiger partial charge in [0.2, 0.25) is 5.91 Å². The van der Waals surface area contributed by atoms with E-state index in [0.29, 0.717) is 12.1 Å². The van der Waals surface area contributed by atoms with Crippen LogP contribution in [0.5, 0.6) is 0 Å². The molecule has 0 spiro atoms. The van der Waals surface area contributed by atoms with E-state index in [-0.39, 0.29) is 19.0 Å². The zero-order valence-corrected chi connectivity index (χ0v) is 11.5. The Morgan fingerprint density at radius 3 is 2.76 bits per heavy atom. The van der Waals surface area contributed by atoms with Crippen LogP contribution >= 0.6 is 0 Å². The monoisotopic (exact) mass is 292 g/mol. The topological polar surface area (TPSA) is 95.9 Å². The number of hydrogen-bond acceptors (Lipinski definition) is 4. The van der Waals surface area contributed by atoms with Crippen LogP contribution in [0, 0.1) is 0 Å². The van der Waals surface area contributed by atoms with Gasteiger partial charge in [-0.25, -0.2) is 4.79 Å². The molecule has 1 aromatic carbocycles. The van der Waals surface area contributed by atoms with Crippen LogP contribution in [0.2, 0.25) is 0 Å². The van der Waals surface area contributed by atoms with Gasteiger partial charge in [0.25, 0.3) is 5.91 Å². The predicted molar refractivity (Wildman–Crippen MR) is 72.6 cm³/mol. The number of carboxylic acids is 1. The van der Waals surface area contributed by atoms with E-state index < -0.39 is 18.0 Å². The number of benzene rings is 1. The second-order valence-electron chi connectivity index (χ2n) is 4.69. The van der Waals surface area contributed by atoms with Crippen molar-refractivity contribution in [2.24, 2.45) is 0 Å². The average molecular weight is 292 g/mol. The summed E-state index contributed by atoms with van der Waals surface area (Å²) < 4.78 is 4.71. The maximum Gasteiger partial charge on any atom is 0.334 e. The Morgan fingerprint density at radius 2 is 2.14 bits per heavy atom. The number of rotatable bonds is 6. The fourth-order valence-corrected chi connectivity index (χ4v) is 2.15. The van der Waals surface area contributed by atoms with Crippen LogP contribution in [-0.4, -0.2) is 54.1 Å². The number of carboxylic acid groups (broad SMARTS) is 1. The zero-order valence-electron chi connectivity index (χ0n) is 11.5. The molecule has 21 heavy (non-hydrogen) atoms. The molecule has 0 saturated heterocycles. The third kappa shape index (κ3) is 3.38. The van der Waals surface area contributed by atoms with E-state index in [4.69, 9.17) is 9.84 Å². The third-order valence-electron chi connectivity index (χ3n) is 3.28. The lowest BCUT2D eigenvalue weighted by atomic mass is 10.1. The number of methoxy groups -OCH3 is 1. The molecule has 0 aliphatic carbocycles. The number of carbonyl (C=O) groups excluding carboxylic acids is 2. The normalized spacial score (nSPS) is 14.7. The summed E-state index contributed by atoms with van der Waals surface area (Å²) in [6, 6.07) is 7.18. The molecule has 0 bridgehead atoms. The van der Waals surface area contributed by atoms with E-state index in [2.05, 4.69) is 5.32 Å². The summed E-state index contributed by atoms with van der Waals surface area (Å²) in [7, 11) is 1.26. The fraction of sp³-hybridized carbons (Fsp3) is 0.357. The molecule has 7 nitrogen and oxygen atoms in total. The quantitative estimate of drug-likeness (QED) is 0.760. The molecular formula is C14H16N2O5. The van der Waals surface area contributed by atoms with Crippen molar-refractivity contribution in [1.82, 2.24) is 10.2 Å². The van der Waals surface area contributed by atoms with Crippen LogP contribution in [0.4, 0.5) is 0 Å². The highest BCUT2D eigenvalue weighted by Gasteiger charge is 2.28. The first-order valence-corrected chi connectivity index (χ1v) is 6.42. The number of fused-ring (bicyclic) bond motifs is 1. The lowest BCUT2D eigenvalue weighted by Gasteiger charge is -2.16. The Bertz CT molecular complexity index is 572. The summed E-state index contributed by atoms with van der Waals surface area (Å²) in [4.78, 5) is 36.0. The van der Waals surface area contributed by atoms with E-state index in [9.17, 15) is 14.4 Å². The minimum absolute atomic E-state index is 0.108. The Hall–Kier alpha value is -2.41. The second-order valence-corrected chi connectivity index (χ2v) is 4.69. The summed E-state index contributed by atoms with van der Waals surface area (Å²) in [5.74, 6) is -1.76. The zero-order chi connectivity index (χ0) is 15.4. The van der Waals surface area contributed by atoms with Crippen molar-refractivity contribution in [3.8, 4) is 0 Å². The number of hydrogen-bond donors (Lipinski definition) is 2. The molecule has 2 rings (SSSR count). The van der Waals surface area contributed by atoms with Gasteiger partial charge >= 0.3 is 5.97 Å². The van der Waals surface area contributed by atoms with Crippen LogP contribution in [0.1, 0.15) is 15.9 Å². The maximum absolute atomic E-state index is 12.1. The van der Waals surface area contributed by atoms with Crippen LogP contribution in [0.25, 0.3) is 0 Å². The van der Waals surface area contributed by atoms with Gasteiger partial charge in [0.1, 0.15) is 6.54 Å². The lowest BCUT2D eigenvalue weighted by Crippen LogP contribution is -2.42. The summed E-state index contributed by atoms with van der Waals surface area (Å²) in [6.45, 7) is 0.137. The van der Waals surface area contributed by atoms with Crippen LogP contribution < -0.4 is 5.32 Å². The molecule has 1 unspecified atom stereocenters. The van der Waals surface area contributed by atoms with Crippen molar-refractivity contribution in [2.45, 2.75) is 12.6 Å². The van der Waals surface area contributed by atoms with E-state index in [1.807, 2.05) is 12.1 Å². The van der Waals surface area contributed by atoms with Crippen LogP contribution in [0.3, 0.4) is 0 Å². The highest BCUT2D eigenvalue weighted by Crippen LogP contribution is 2.21. The smallest absolute Gasteiger partial charge is 0.334 e. The number of ether oxygens (including phenoxy) is 1. The Balaban J connectivity index is 1.88. The van der Waals surface area contributed by atoms with E-state index in [1.54, 1.807) is 12.1 Å². The molecule has 1 aliphatic rings. The van der Waals surface area contributed by atoms with Gasteiger partial charge < -0.3 is 20.1 Å². The molecule has 112 valence electrons. The van der Waals surface area contributed by atoms with Gasteiger partial charge in [-0.05, 0) is 11.6 Å². The second kappa shape index (κ2) is 6.36. The summed E-state index contributed by atoms with van der Waals surface area (Å²) in [5, 5.41) is 11.2. The standard InChI is InChI=1S/C14H16N2O5/c1-21-11(14(19)20)6-15-12(17)8-16-7-9-4-2-3-5-10(9)13(16)18/h2-5,11H,6-8H2,1H3,(H,15,17)(H,19,20). The molecule has 1 aromatic rings.